The molecule has 0 amide bonds. The second-order valence-electron chi connectivity index (χ2n) is 5.04. The molecule has 23 heavy (non-hydrogen) atoms. The van der Waals surface area contributed by atoms with Gasteiger partial charge in [0.2, 0.25) is 0 Å². The van der Waals surface area contributed by atoms with E-state index in [1.165, 1.54) is 0 Å². The van der Waals surface area contributed by atoms with E-state index in [1.54, 1.807) is 37.3 Å². The molecule has 0 saturated carbocycles. The van der Waals surface area contributed by atoms with Crippen LogP contribution in [0.5, 0.6) is 11.5 Å². The first-order valence-corrected chi connectivity index (χ1v) is 7.39. The van der Waals surface area contributed by atoms with Crippen molar-refractivity contribution in [2.75, 3.05) is 24.3 Å². The minimum Gasteiger partial charge on any atom is -0.489 e. The number of aliphatic hydroxyl groups excluding tert-OH is 2. The van der Waals surface area contributed by atoms with Crippen LogP contribution in [0.25, 0.3) is 0 Å². The molecular formula is C17H22N2O4. The first-order chi connectivity index (χ1) is 11.1. The van der Waals surface area contributed by atoms with Crippen LogP contribution in [0.1, 0.15) is 12.5 Å². The van der Waals surface area contributed by atoms with E-state index in [-0.39, 0.29) is 13.2 Å². The second-order valence-corrected chi connectivity index (χ2v) is 5.04. The van der Waals surface area contributed by atoms with E-state index in [4.69, 9.17) is 20.3 Å². The molecule has 0 heterocycles. The molecule has 0 aromatic heterocycles. The quantitative estimate of drug-likeness (QED) is 0.439. The molecule has 6 nitrogen and oxygen atoms in total. The molecular weight excluding hydrogens is 296 g/mol. The van der Waals surface area contributed by atoms with Gasteiger partial charge in [-0.1, -0.05) is 12.1 Å². The molecule has 0 aliphatic carbocycles. The van der Waals surface area contributed by atoms with Gasteiger partial charge in [-0.15, -0.1) is 0 Å². The van der Waals surface area contributed by atoms with Gasteiger partial charge in [0.05, 0.1) is 12.3 Å². The summed E-state index contributed by atoms with van der Waals surface area (Å²) < 4.78 is 10.7. The fourth-order valence-electron chi connectivity index (χ4n) is 2.05. The van der Waals surface area contributed by atoms with Crippen LogP contribution in [0.3, 0.4) is 0 Å². The smallest absolute Gasteiger partial charge is 0.194 e. The van der Waals surface area contributed by atoms with Gasteiger partial charge in [-0.2, -0.15) is 0 Å². The highest BCUT2D eigenvalue weighted by Gasteiger charge is 2.05. The standard InChI is InChI=1S/C17H22N2O4/c1-12(21)23-15-5-2-13(3-6-15)11-19-16-10-14(18)4-7-17(16)22-9-8-20/h2-7,10,12,19-21H,8-9,11,18H2,1H3. The Hall–Kier alpha value is -2.44. The maximum atomic E-state index is 9.18. The predicted molar refractivity (Wildman–Crippen MR) is 89.5 cm³/mol. The van der Waals surface area contributed by atoms with Crippen LogP contribution in [0, 0.1) is 0 Å². The number of ether oxygens (including phenoxy) is 2. The van der Waals surface area contributed by atoms with E-state index in [0.29, 0.717) is 23.7 Å². The van der Waals surface area contributed by atoms with Gasteiger partial charge in [0.15, 0.2) is 6.29 Å². The summed E-state index contributed by atoms with van der Waals surface area (Å²) >= 11 is 0. The highest BCUT2D eigenvalue weighted by Crippen LogP contribution is 2.27. The summed E-state index contributed by atoms with van der Waals surface area (Å²) in [6.07, 6.45) is -0.836. The average molecular weight is 318 g/mol. The lowest BCUT2D eigenvalue weighted by Gasteiger charge is -2.14. The van der Waals surface area contributed by atoms with Crippen LogP contribution in [-0.2, 0) is 6.54 Å². The maximum Gasteiger partial charge on any atom is 0.194 e. The van der Waals surface area contributed by atoms with Crippen molar-refractivity contribution in [1.29, 1.82) is 0 Å². The molecule has 0 bridgehead atoms. The number of hydrogen-bond acceptors (Lipinski definition) is 6. The Morgan fingerprint density at radius 1 is 1.17 bits per heavy atom. The summed E-state index contributed by atoms with van der Waals surface area (Å²) in [4.78, 5) is 0. The number of rotatable bonds is 8. The molecule has 0 fully saturated rings. The van der Waals surface area contributed by atoms with Gasteiger partial charge >= 0.3 is 0 Å². The van der Waals surface area contributed by atoms with Crippen molar-refractivity contribution in [1.82, 2.24) is 0 Å². The Kier molecular flexibility index (Phi) is 6.08. The van der Waals surface area contributed by atoms with Gasteiger partial charge in [-0.05, 0) is 42.8 Å². The second kappa shape index (κ2) is 8.26. The highest BCUT2D eigenvalue weighted by atomic mass is 16.6. The van der Waals surface area contributed by atoms with Crippen molar-refractivity contribution in [3.05, 3.63) is 48.0 Å². The molecule has 5 N–H and O–H groups in total. The fraction of sp³-hybridized carbons (Fsp3) is 0.294. The Morgan fingerprint density at radius 3 is 2.57 bits per heavy atom. The van der Waals surface area contributed by atoms with Gasteiger partial charge in [-0.25, -0.2) is 0 Å². The summed E-state index contributed by atoms with van der Waals surface area (Å²) in [7, 11) is 0. The Morgan fingerprint density at radius 2 is 1.91 bits per heavy atom. The van der Waals surface area contributed by atoms with Crippen molar-refractivity contribution in [3.8, 4) is 11.5 Å². The molecule has 0 radical (unpaired) electrons. The number of anilines is 2. The van der Waals surface area contributed by atoms with E-state index in [9.17, 15) is 5.11 Å². The van der Waals surface area contributed by atoms with E-state index in [1.807, 2.05) is 12.1 Å². The third-order valence-electron chi connectivity index (χ3n) is 3.07. The maximum absolute atomic E-state index is 9.18. The minimum absolute atomic E-state index is 0.0471. The molecule has 0 aliphatic heterocycles. The third-order valence-corrected chi connectivity index (χ3v) is 3.07. The van der Waals surface area contributed by atoms with Crippen LogP contribution in [0.2, 0.25) is 0 Å². The fourth-order valence-corrected chi connectivity index (χ4v) is 2.05. The van der Waals surface area contributed by atoms with Crippen molar-refractivity contribution in [3.63, 3.8) is 0 Å². The molecule has 2 aromatic rings. The number of benzene rings is 2. The molecule has 0 saturated heterocycles. The largest absolute Gasteiger partial charge is 0.489 e. The Labute approximate surface area is 135 Å². The van der Waals surface area contributed by atoms with Gasteiger partial charge in [-0.3, -0.25) is 0 Å². The van der Waals surface area contributed by atoms with Gasteiger partial charge in [0.25, 0.3) is 0 Å². The molecule has 124 valence electrons. The highest BCUT2D eigenvalue weighted by molar-refractivity contribution is 5.63. The topological polar surface area (TPSA) is 97.0 Å². The van der Waals surface area contributed by atoms with E-state index < -0.39 is 6.29 Å². The zero-order valence-corrected chi connectivity index (χ0v) is 13.0. The summed E-state index contributed by atoms with van der Waals surface area (Å²) in [5.41, 5.74) is 8.24. The Balaban J connectivity index is 2.01. The van der Waals surface area contributed by atoms with Crippen LogP contribution in [-0.4, -0.2) is 29.7 Å². The molecule has 2 aromatic carbocycles. The first-order valence-electron chi connectivity index (χ1n) is 7.39. The molecule has 1 atom stereocenters. The van der Waals surface area contributed by atoms with Gasteiger partial charge < -0.3 is 30.7 Å². The van der Waals surface area contributed by atoms with Gasteiger partial charge in [0.1, 0.15) is 18.1 Å². The van der Waals surface area contributed by atoms with E-state index in [2.05, 4.69) is 5.32 Å². The van der Waals surface area contributed by atoms with Crippen molar-refractivity contribution >= 4 is 11.4 Å². The normalized spacial score (nSPS) is 11.8. The van der Waals surface area contributed by atoms with Gasteiger partial charge in [0, 0.05) is 12.2 Å². The molecule has 0 spiro atoms. The van der Waals surface area contributed by atoms with E-state index in [0.717, 1.165) is 11.3 Å². The zero-order valence-electron chi connectivity index (χ0n) is 13.0. The van der Waals surface area contributed by atoms with Crippen molar-refractivity contribution in [2.24, 2.45) is 0 Å². The number of aliphatic hydroxyl groups is 2. The number of nitrogen functional groups attached to an aromatic ring is 1. The molecule has 0 aliphatic rings. The van der Waals surface area contributed by atoms with Crippen LogP contribution in [0.4, 0.5) is 11.4 Å². The number of nitrogens with one attached hydrogen (secondary N) is 1. The Bertz CT molecular complexity index is 614. The van der Waals surface area contributed by atoms with Crippen molar-refractivity contribution in [2.45, 2.75) is 19.8 Å². The monoisotopic (exact) mass is 318 g/mol. The molecule has 2 rings (SSSR count). The van der Waals surface area contributed by atoms with Crippen LogP contribution in [0.15, 0.2) is 42.5 Å². The number of nitrogens with two attached hydrogens (primary N) is 1. The molecule has 6 heteroatoms. The minimum atomic E-state index is -0.836. The molecule has 1 unspecified atom stereocenters. The third kappa shape index (κ3) is 5.36. The lowest BCUT2D eigenvalue weighted by Crippen LogP contribution is -2.09. The number of hydrogen-bond donors (Lipinski definition) is 4. The first kappa shape index (κ1) is 16.9. The summed E-state index contributed by atoms with van der Waals surface area (Å²) in [5.74, 6) is 1.25. The summed E-state index contributed by atoms with van der Waals surface area (Å²) in [6, 6.07) is 12.7. The zero-order chi connectivity index (χ0) is 16.7. The summed E-state index contributed by atoms with van der Waals surface area (Å²) in [5, 5.41) is 21.3. The lowest BCUT2D eigenvalue weighted by molar-refractivity contribution is -0.000303. The van der Waals surface area contributed by atoms with Crippen molar-refractivity contribution < 1.29 is 19.7 Å². The predicted octanol–water partition coefficient (Wildman–Crippen LogP) is 1.97. The lowest BCUT2D eigenvalue weighted by atomic mass is 10.2. The average Bonchev–Trinajstić information content (AvgIpc) is 2.53. The van der Waals surface area contributed by atoms with Crippen LogP contribution >= 0.6 is 0 Å². The van der Waals surface area contributed by atoms with Crippen LogP contribution < -0.4 is 20.5 Å². The SMILES string of the molecule is CC(O)Oc1ccc(CNc2cc(N)ccc2OCCO)cc1. The van der Waals surface area contributed by atoms with E-state index >= 15 is 0 Å². The summed E-state index contributed by atoms with van der Waals surface area (Å²) in [6.45, 7) is 2.32.